The molecule has 0 aromatic heterocycles. The molecular weight excluding hydrogens is 331 g/mol. The molecule has 0 spiro atoms. The molecule has 0 radical (unpaired) electrons. The lowest BCUT2D eigenvalue weighted by Gasteiger charge is -1.87. The van der Waals surface area contributed by atoms with E-state index in [2.05, 4.69) is 66.0 Å². The van der Waals surface area contributed by atoms with Gasteiger partial charge in [-0.3, -0.25) is 0 Å². The number of halogens is 1. The number of rotatable bonds is 6. The third-order valence-electron chi connectivity index (χ3n) is 1.95. The summed E-state index contributed by atoms with van der Waals surface area (Å²) in [6.07, 6.45) is 24.6. The van der Waals surface area contributed by atoms with Crippen molar-refractivity contribution in [1.29, 1.82) is 0 Å². The van der Waals surface area contributed by atoms with Gasteiger partial charge in [-0.15, -0.1) is 0 Å². The molecule has 0 aliphatic carbocycles. The molecule has 0 aromatic carbocycles. The van der Waals surface area contributed by atoms with E-state index in [0.717, 1.165) is 0 Å². The molecule has 0 N–H and O–H groups in total. The predicted octanol–water partition coefficient (Wildman–Crippen LogP) is 6.07. The normalized spacial score (nSPS) is 15.3. The summed E-state index contributed by atoms with van der Waals surface area (Å²) in [6, 6.07) is 0. The monoisotopic (exact) mass is 352 g/mol. The van der Waals surface area contributed by atoms with E-state index in [0.29, 0.717) is 0 Å². The van der Waals surface area contributed by atoms with Crippen molar-refractivity contribution in [2.75, 3.05) is 0 Å². The van der Waals surface area contributed by atoms with Crippen molar-refractivity contribution in [3.8, 4) is 0 Å². The average molecular weight is 352 g/mol. The van der Waals surface area contributed by atoms with Gasteiger partial charge in [0, 0.05) is 3.58 Å². The highest BCUT2D eigenvalue weighted by atomic mass is 127. The summed E-state index contributed by atoms with van der Waals surface area (Å²) in [7, 11) is 0. The lowest BCUT2D eigenvalue weighted by atomic mass is 10.2. The number of hydrogen-bond donors (Lipinski definition) is 0. The van der Waals surface area contributed by atoms with Crippen LogP contribution in [0, 0.1) is 0 Å². The van der Waals surface area contributed by atoms with Gasteiger partial charge in [0.25, 0.3) is 0 Å². The molecule has 18 heavy (non-hydrogen) atoms. The predicted molar refractivity (Wildman–Crippen MR) is 92.9 cm³/mol. The molecule has 1 heteroatoms. The minimum Gasteiger partial charge on any atom is -0.0877 e. The molecule has 0 atom stereocenters. The molecule has 96 valence electrons. The molecule has 0 saturated heterocycles. The lowest BCUT2D eigenvalue weighted by Crippen LogP contribution is -1.65. The second-order valence-corrected chi connectivity index (χ2v) is 4.86. The first-order chi connectivity index (χ1) is 8.70. The van der Waals surface area contributed by atoms with Gasteiger partial charge in [0.05, 0.1) is 0 Å². The number of hydrogen-bond acceptors (Lipinski definition) is 0. The van der Waals surface area contributed by atoms with Crippen molar-refractivity contribution in [3.63, 3.8) is 0 Å². The van der Waals surface area contributed by atoms with Gasteiger partial charge in [-0.05, 0) is 55.5 Å². The standard InChI is InChI=1S/C17H21I/c1-4-6-8-12-16(3)13-10-11-15-17(18)14-9-7-5-2/h4-15H,1-3H3/b6-4-,7-5-,11-10+,12-8+,14-9+,16-13+,17-15-. The summed E-state index contributed by atoms with van der Waals surface area (Å²) in [6.45, 7) is 6.11. The zero-order chi connectivity index (χ0) is 13.6. The first-order valence-electron chi connectivity index (χ1n) is 6.00. The van der Waals surface area contributed by atoms with Crippen LogP contribution in [0.4, 0.5) is 0 Å². The van der Waals surface area contributed by atoms with E-state index in [1.54, 1.807) is 0 Å². The van der Waals surface area contributed by atoms with E-state index in [9.17, 15) is 0 Å². The molecule has 0 bridgehead atoms. The van der Waals surface area contributed by atoms with Gasteiger partial charge in [-0.1, -0.05) is 66.3 Å². The smallest absolute Gasteiger partial charge is 0.0130 e. The molecule has 0 aromatic rings. The third kappa shape index (κ3) is 11.4. The lowest BCUT2D eigenvalue weighted by molar-refractivity contribution is 1.52. The summed E-state index contributed by atoms with van der Waals surface area (Å²) >= 11 is 2.31. The Bertz CT molecular complexity index is 373. The highest BCUT2D eigenvalue weighted by Gasteiger charge is 1.79. The molecule has 0 unspecified atom stereocenters. The Hall–Kier alpha value is -1.09. The SMILES string of the molecule is C\C=C/C=C/C(I)=C/C=C/C=C(C)/C=C/C=C\C. The zero-order valence-electron chi connectivity index (χ0n) is 11.3. The van der Waals surface area contributed by atoms with Gasteiger partial charge in [0.1, 0.15) is 0 Å². The Morgan fingerprint density at radius 2 is 1.28 bits per heavy atom. The fraction of sp³-hybridized carbons (Fsp3) is 0.176. The fourth-order valence-corrected chi connectivity index (χ4v) is 1.46. The summed E-state index contributed by atoms with van der Waals surface area (Å²) in [5.74, 6) is 0. The van der Waals surface area contributed by atoms with Crippen molar-refractivity contribution in [2.24, 2.45) is 0 Å². The van der Waals surface area contributed by atoms with Crippen molar-refractivity contribution >= 4 is 22.6 Å². The van der Waals surface area contributed by atoms with Crippen molar-refractivity contribution in [2.45, 2.75) is 20.8 Å². The Labute approximate surface area is 125 Å². The summed E-state index contributed by atoms with van der Waals surface area (Å²) < 4.78 is 1.21. The van der Waals surface area contributed by atoms with Gasteiger partial charge in [-0.2, -0.15) is 0 Å². The van der Waals surface area contributed by atoms with Crippen LogP contribution in [0.1, 0.15) is 20.8 Å². The van der Waals surface area contributed by atoms with Gasteiger partial charge < -0.3 is 0 Å². The summed E-state index contributed by atoms with van der Waals surface area (Å²) in [5.41, 5.74) is 1.23. The van der Waals surface area contributed by atoms with Gasteiger partial charge >= 0.3 is 0 Å². The van der Waals surface area contributed by atoms with E-state index in [-0.39, 0.29) is 0 Å². The molecular formula is C17H21I. The van der Waals surface area contributed by atoms with Crippen molar-refractivity contribution in [3.05, 3.63) is 82.1 Å². The maximum absolute atomic E-state index is 2.31. The highest BCUT2D eigenvalue weighted by molar-refractivity contribution is 14.1. The topological polar surface area (TPSA) is 0 Å². The van der Waals surface area contributed by atoms with Crippen molar-refractivity contribution < 1.29 is 0 Å². The van der Waals surface area contributed by atoms with Crippen LogP contribution in [-0.4, -0.2) is 0 Å². The van der Waals surface area contributed by atoms with E-state index in [1.165, 1.54) is 9.15 Å². The highest BCUT2D eigenvalue weighted by Crippen LogP contribution is 2.07. The van der Waals surface area contributed by atoms with Crippen LogP contribution >= 0.6 is 22.6 Å². The largest absolute Gasteiger partial charge is 0.0877 e. The molecule has 0 aliphatic rings. The van der Waals surface area contributed by atoms with Crippen LogP contribution in [0.25, 0.3) is 0 Å². The average Bonchev–Trinajstić information content (AvgIpc) is 2.35. The molecule has 0 amide bonds. The quantitative estimate of drug-likeness (QED) is 0.402. The molecule has 0 fully saturated rings. The minimum absolute atomic E-state index is 1.21. The van der Waals surface area contributed by atoms with Crippen LogP contribution < -0.4 is 0 Å². The van der Waals surface area contributed by atoms with E-state index in [1.807, 2.05) is 50.3 Å². The van der Waals surface area contributed by atoms with Crippen molar-refractivity contribution in [1.82, 2.24) is 0 Å². The molecule has 0 saturated carbocycles. The molecule has 0 rings (SSSR count). The summed E-state index contributed by atoms with van der Waals surface area (Å²) in [4.78, 5) is 0. The Morgan fingerprint density at radius 3 is 1.89 bits per heavy atom. The third-order valence-corrected chi connectivity index (χ3v) is 2.67. The molecule has 0 nitrogen and oxygen atoms in total. The van der Waals surface area contributed by atoms with Crippen LogP contribution in [0.2, 0.25) is 0 Å². The van der Waals surface area contributed by atoms with Gasteiger partial charge in [0.2, 0.25) is 0 Å². The van der Waals surface area contributed by atoms with Gasteiger partial charge in [-0.25, -0.2) is 0 Å². The Kier molecular flexibility index (Phi) is 11.6. The van der Waals surface area contributed by atoms with Gasteiger partial charge in [0.15, 0.2) is 0 Å². The van der Waals surface area contributed by atoms with Crippen LogP contribution in [-0.2, 0) is 0 Å². The van der Waals surface area contributed by atoms with Crippen LogP contribution in [0.3, 0.4) is 0 Å². The first kappa shape index (κ1) is 16.9. The molecule has 0 aliphatic heterocycles. The van der Waals surface area contributed by atoms with E-state index in [4.69, 9.17) is 0 Å². The van der Waals surface area contributed by atoms with Crippen LogP contribution in [0.15, 0.2) is 82.1 Å². The Morgan fingerprint density at radius 1 is 0.722 bits per heavy atom. The molecule has 0 heterocycles. The minimum atomic E-state index is 1.21. The maximum atomic E-state index is 2.31. The van der Waals surface area contributed by atoms with E-state index < -0.39 is 0 Å². The van der Waals surface area contributed by atoms with Crippen LogP contribution in [0.5, 0.6) is 0 Å². The van der Waals surface area contributed by atoms with E-state index >= 15 is 0 Å². The fourth-order valence-electron chi connectivity index (χ4n) is 1.04. The Balaban J connectivity index is 4.31. The second kappa shape index (κ2) is 12.4. The summed E-state index contributed by atoms with van der Waals surface area (Å²) in [5, 5.41) is 0. The zero-order valence-corrected chi connectivity index (χ0v) is 13.5. The second-order valence-electron chi connectivity index (χ2n) is 3.62. The maximum Gasteiger partial charge on any atom is 0.0130 e. The number of allylic oxidation sites excluding steroid dienone is 14. The first-order valence-corrected chi connectivity index (χ1v) is 7.08.